The van der Waals surface area contributed by atoms with Gasteiger partial charge in [-0.05, 0) is 17.7 Å². The summed E-state index contributed by atoms with van der Waals surface area (Å²) in [6, 6.07) is 5.60. The van der Waals surface area contributed by atoms with Crippen molar-refractivity contribution in [2.75, 3.05) is 25.2 Å². The number of rotatable bonds is 4. The normalized spacial score (nSPS) is 21.6. The van der Waals surface area contributed by atoms with Crippen molar-refractivity contribution >= 4 is 23.4 Å². The molecule has 18 heavy (non-hydrogen) atoms. The minimum atomic E-state index is -0.0519. The van der Waals surface area contributed by atoms with Gasteiger partial charge >= 0.3 is 0 Å². The predicted molar refractivity (Wildman–Crippen MR) is 75.1 cm³/mol. The van der Waals surface area contributed by atoms with Crippen LogP contribution >= 0.6 is 23.4 Å². The number of hydrogen-bond acceptors (Lipinski definition) is 5. The maximum atomic E-state index is 6.02. The summed E-state index contributed by atoms with van der Waals surface area (Å²) in [4.78, 5) is 0. The Balaban J connectivity index is 2.20. The zero-order valence-corrected chi connectivity index (χ0v) is 11.8. The average molecular weight is 289 g/mol. The van der Waals surface area contributed by atoms with E-state index < -0.39 is 0 Å². The first-order valence-electron chi connectivity index (χ1n) is 5.75. The van der Waals surface area contributed by atoms with Crippen LogP contribution in [0.25, 0.3) is 0 Å². The van der Waals surface area contributed by atoms with E-state index >= 15 is 0 Å². The lowest BCUT2D eigenvalue weighted by atomic mass is 10.0. The number of halogens is 1. The third kappa shape index (κ3) is 3.10. The first-order chi connectivity index (χ1) is 8.76. The summed E-state index contributed by atoms with van der Waals surface area (Å²) in [5.41, 5.74) is 3.84. The number of benzene rings is 1. The summed E-state index contributed by atoms with van der Waals surface area (Å²) in [5.74, 6) is 8.27. The van der Waals surface area contributed by atoms with Crippen LogP contribution in [0.4, 0.5) is 0 Å². The van der Waals surface area contributed by atoms with Gasteiger partial charge in [-0.25, -0.2) is 0 Å². The molecular weight excluding hydrogens is 272 g/mol. The molecule has 3 N–H and O–H groups in total. The second-order valence-electron chi connectivity index (χ2n) is 4.02. The number of nitrogens with one attached hydrogen (secondary N) is 1. The number of nitrogens with two attached hydrogens (primary N) is 1. The first kappa shape index (κ1) is 14.0. The highest BCUT2D eigenvalue weighted by Crippen LogP contribution is 2.31. The van der Waals surface area contributed by atoms with Crippen molar-refractivity contribution < 1.29 is 9.47 Å². The molecular formula is C12H17ClN2O2S. The highest BCUT2D eigenvalue weighted by atomic mass is 35.5. The van der Waals surface area contributed by atoms with Crippen LogP contribution in [-0.2, 0) is 4.74 Å². The number of hydrazine groups is 1. The lowest BCUT2D eigenvalue weighted by Gasteiger charge is -2.30. The van der Waals surface area contributed by atoms with E-state index in [-0.39, 0.29) is 12.1 Å². The van der Waals surface area contributed by atoms with E-state index in [9.17, 15) is 0 Å². The summed E-state index contributed by atoms with van der Waals surface area (Å²) in [6.07, 6.45) is 0.0691. The molecule has 6 heteroatoms. The van der Waals surface area contributed by atoms with E-state index in [0.717, 1.165) is 23.7 Å². The van der Waals surface area contributed by atoms with Gasteiger partial charge in [0.2, 0.25) is 0 Å². The lowest BCUT2D eigenvalue weighted by molar-refractivity contribution is 0.0467. The molecule has 0 radical (unpaired) electrons. The Labute approximate surface area is 116 Å². The monoisotopic (exact) mass is 288 g/mol. The van der Waals surface area contributed by atoms with Crippen molar-refractivity contribution in [3.05, 3.63) is 28.8 Å². The van der Waals surface area contributed by atoms with Gasteiger partial charge in [-0.15, -0.1) is 0 Å². The Bertz CT molecular complexity index is 400. The molecule has 1 aromatic rings. The van der Waals surface area contributed by atoms with E-state index in [1.165, 1.54) is 0 Å². The molecule has 0 aromatic heterocycles. The Hall–Kier alpha value is -0.460. The minimum absolute atomic E-state index is 0.0519. The van der Waals surface area contributed by atoms with Gasteiger partial charge in [0.15, 0.2) is 0 Å². The molecule has 2 atom stereocenters. The van der Waals surface area contributed by atoms with Crippen molar-refractivity contribution in [1.82, 2.24) is 5.43 Å². The summed E-state index contributed by atoms with van der Waals surface area (Å²) in [7, 11) is 1.60. The van der Waals surface area contributed by atoms with Crippen LogP contribution in [0.1, 0.15) is 11.6 Å². The third-order valence-electron chi connectivity index (χ3n) is 2.93. The fraction of sp³-hybridized carbons (Fsp3) is 0.500. The zero-order chi connectivity index (χ0) is 13.0. The smallest absolute Gasteiger partial charge is 0.137 e. The Morgan fingerprint density at radius 2 is 2.44 bits per heavy atom. The SMILES string of the molecule is COc1cc(C(NN)C2CSCCO2)ccc1Cl. The van der Waals surface area contributed by atoms with Crippen LogP contribution in [0, 0.1) is 0 Å². The van der Waals surface area contributed by atoms with Gasteiger partial charge in [0.25, 0.3) is 0 Å². The topological polar surface area (TPSA) is 56.5 Å². The van der Waals surface area contributed by atoms with Gasteiger partial charge < -0.3 is 9.47 Å². The van der Waals surface area contributed by atoms with Crippen LogP contribution < -0.4 is 16.0 Å². The van der Waals surface area contributed by atoms with Gasteiger partial charge in [-0.2, -0.15) is 11.8 Å². The van der Waals surface area contributed by atoms with Crippen LogP contribution in [-0.4, -0.2) is 31.3 Å². The van der Waals surface area contributed by atoms with E-state index in [1.54, 1.807) is 7.11 Å². The number of thioether (sulfide) groups is 1. The van der Waals surface area contributed by atoms with E-state index in [4.69, 9.17) is 26.9 Å². The molecule has 0 bridgehead atoms. The Kier molecular flexibility index (Phi) is 5.14. The summed E-state index contributed by atoms with van der Waals surface area (Å²) in [6.45, 7) is 0.762. The molecule has 0 aliphatic carbocycles. The van der Waals surface area contributed by atoms with Gasteiger partial charge in [0, 0.05) is 11.5 Å². The van der Waals surface area contributed by atoms with Gasteiger partial charge in [0.05, 0.1) is 30.9 Å². The quantitative estimate of drug-likeness (QED) is 0.655. The molecule has 0 amide bonds. The molecule has 100 valence electrons. The third-order valence-corrected chi connectivity index (χ3v) is 4.26. The van der Waals surface area contributed by atoms with Crippen molar-refractivity contribution in [3.8, 4) is 5.75 Å². The molecule has 4 nitrogen and oxygen atoms in total. The van der Waals surface area contributed by atoms with Gasteiger partial charge in [-0.3, -0.25) is 11.3 Å². The standard InChI is InChI=1S/C12H17ClN2O2S/c1-16-10-6-8(2-3-9(10)13)12(15-14)11-7-18-5-4-17-11/h2-3,6,11-12,15H,4-5,7,14H2,1H3. The first-order valence-corrected chi connectivity index (χ1v) is 7.28. The van der Waals surface area contributed by atoms with Crippen LogP contribution in [0.2, 0.25) is 5.02 Å². The van der Waals surface area contributed by atoms with Crippen molar-refractivity contribution in [2.45, 2.75) is 12.1 Å². The average Bonchev–Trinajstić information content (AvgIpc) is 2.42. The maximum absolute atomic E-state index is 6.02. The molecule has 1 saturated heterocycles. The fourth-order valence-corrected chi connectivity index (χ4v) is 3.08. The fourth-order valence-electron chi connectivity index (χ4n) is 1.99. The molecule has 1 aliphatic heterocycles. The minimum Gasteiger partial charge on any atom is -0.495 e. The Morgan fingerprint density at radius 1 is 1.61 bits per heavy atom. The molecule has 2 unspecified atom stereocenters. The maximum Gasteiger partial charge on any atom is 0.137 e. The second kappa shape index (κ2) is 6.63. The number of methoxy groups -OCH3 is 1. The molecule has 1 aromatic carbocycles. The molecule has 1 heterocycles. The summed E-state index contributed by atoms with van der Waals surface area (Å²) >= 11 is 7.89. The second-order valence-corrected chi connectivity index (χ2v) is 5.58. The van der Waals surface area contributed by atoms with Crippen LogP contribution in [0.3, 0.4) is 0 Å². The molecule has 2 rings (SSSR count). The largest absolute Gasteiger partial charge is 0.495 e. The number of ether oxygens (including phenoxy) is 2. The van der Waals surface area contributed by atoms with Crippen molar-refractivity contribution in [1.29, 1.82) is 0 Å². The zero-order valence-electron chi connectivity index (χ0n) is 10.2. The highest BCUT2D eigenvalue weighted by Gasteiger charge is 2.26. The molecule has 1 aliphatic rings. The van der Waals surface area contributed by atoms with E-state index in [0.29, 0.717) is 10.8 Å². The number of hydrogen-bond donors (Lipinski definition) is 2. The van der Waals surface area contributed by atoms with E-state index in [1.807, 2.05) is 30.0 Å². The van der Waals surface area contributed by atoms with Crippen molar-refractivity contribution in [2.24, 2.45) is 5.84 Å². The molecule has 1 fully saturated rings. The van der Waals surface area contributed by atoms with Gasteiger partial charge in [-0.1, -0.05) is 17.7 Å². The predicted octanol–water partition coefficient (Wildman–Crippen LogP) is 1.98. The lowest BCUT2D eigenvalue weighted by Crippen LogP contribution is -2.41. The Morgan fingerprint density at radius 3 is 3.06 bits per heavy atom. The van der Waals surface area contributed by atoms with Crippen molar-refractivity contribution in [3.63, 3.8) is 0 Å². The van der Waals surface area contributed by atoms with E-state index in [2.05, 4.69) is 5.43 Å². The van der Waals surface area contributed by atoms with Crippen LogP contribution in [0.5, 0.6) is 5.75 Å². The summed E-state index contributed by atoms with van der Waals surface area (Å²) in [5, 5.41) is 0.593. The van der Waals surface area contributed by atoms with Crippen LogP contribution in [0.15, 0.2) is 18.2 Å². The summed E-state index contributed by atoms with van der Waals surface area (Å²) < 4.78 is 11.0. The highest BCUT2D eigenvalue weighted by molar-refractivity contribution is 7.99. The molecule has 0 spiro atoms. The van der Waals surface area contributed by atoms with Gasteiger partial charge in [0.1, 0.15) is 5.75 Å². The molecule has 0 saturated carbocycles.